The molecule has 5 rings (SSSR count). The number of hydrogen-bond acceptors (Lipinski definition) is 4. The highest BCUT2D eigenvalue weighted by atomic mass is 32.2. The molecule has 0 spiro atoms. The molecular formula is C23H23N3O2S. The maximum absolute atomic E-state index is 13.4. The average molecular weight is 406 g/mol. The smallest absolute Gasteiger partial charge is 0.274 e. The van der Waals surface area contributed by atoms with Crippen LogP contribution in [-0.4, -0.2) is 46.9 Å². The summed E-state index contributed by atoms with van der Waals surface area (Å²) < 4.78 is 7.32. The summed E-state index contributed by atoms with van der Waals surface area (Å²) in [6.07, 6.45) is 0.863. The Morgan fingerprint density at radius 1 is 1.10 bits per heavy atom. The third-order valence-corrected chi connectivity index (χ3v) is 6.88. The van der Waals surface area contributed by atoms with E-state index in [9.17, 15) is 4.79 Å². The van der Waals surface area contributed by atoms with E-state index >= 15 is 0 Å². The van der Waals surface area contributed by atoms with Gasteiger partial charge in [0.2, 0.25) is 0 Å². The highest BCUT2D eigenvalue weighted by molar-refractivity contribution is 7.99. The molecule has 29 heavy (non-hydrogen) atoms. The van der Waals surface area contributed by atoms with Gasteiger partial charge >= 0.3 is 0 Å². The number of thioether (sulfide) groups is 1. The van der Waals surface area contributed by atoms with E-state index in [0.717, 1.165) is 23.2 Å². The van der Waals surface area contributed by atoms with Gasteiger partial charge in [-0.25, -0.2) is 0 Å². The monoisotopic (exact) mass is 405 g/mol. The minimum atomic E-state index is 0.0168. The third kappa shape index (κ3) is 3.36. The molecule has 0 aliphatic carbocycles. The molecule has 0 radical (unpaired) electrons. The lowest BCUT2D eigenvalue weighted by atomic mass is 9.97. The van der Waals surface area contributed by atoms with Gasteiger partial charge in [-0.15, -0.1) is 11.8 Å². The average Bonchev–Trinajstić information content (AvgIpc) is 3.12. The quantitative estimate of drug-likeness (QED) is 0.662. The van der Waals surface area contributed by atoms with Crippen LogP contribution in [-0.2, 0) is 18.2 Å². The largest absolute Gasteiger partial charge is 0.378 e. The molecule has 1 saturated heterocycles. The molecule has 2 aromatic carbocycles. The van der Waals surface area contributed by atoms with Crippen LogP contribution in [0.5, 0.6) is 0 Å². The zero-order valence-corrected chi connectivity index (χ0v) is 17.2. The van der Waals surface area contributed by atoms with Crippen molar-refractivity contribution < 1.29 is 9.53 Å². The molecule has 2 aliphatic rings. The minimum absolute atomic E-state index is 0.0168. The molecule has 1 fully saturated rings. The van der Waals surface area contributed by atoms with E-state index in [-0.39, 0.29) is 11.2 Å². The van der Waals surface area contributed by atoms with Crippen molar-refractivity contribution in [2.24, 2.45) is 7.05 Å². The van der Waals surface area contributed by atoms with E-state index in [1.807, 2.05) is 34.5 Å². The topological polar surface area (TPSA) is 47.4 Å². The number of ether oxygens (including phenoxy) is 1. The Hall–Kier alpha value is -2.57. The highest BCUT2D eigenvalue weighted by Crippen LogP contribution is 2.51. The van der Waals surface area contributed by atoms with Gasteiger partial charge in [0.15, 0.2) is 5.69 Å². The first-order chi connectivity index (χ1) is 14.2. The van der Waals surface area contributed by atoms with Crippen molar-refractivity contribution in [3.8, 4) is 11.3 Å². The first-order valence-electron chi connectivity index (χ1n) is 9.96. The van der Waals surface area contributed by atoms with Crippen molar-refractivity contribution in [2.45, 2.75) is 16.6 Å². The van der Waals surface area contributed by atoms with Crippen LogP contribution in [0.4, 0.5) is 0 Å². The summed E-state index contributed by atoms with van der Waals surface area (Å²) in [6.45, 7) is 2.42. The SMILES string of the molecule is Cn1nc(C(=O)N2CCOCC2)c2c1-c1ccccc1SC2Cc1ccccc1. The van der Waals surface area contributed by atoms with Gasteiger partial charge in [-0.05, 0) is 18.1 Å². The molecule has 1 unspecified atom stereocenters. The first kappa shape index (κ1) is 18.5. The standard InChI is InChI=1S/C23H23N3O2S/c1-25-22-17-9-5-6-10-18(17)29-19(15-16-7-3-2-4-8-16)20(22)21(24-25)23(27)26-11-13-28-14-12-26/h2-10,19H,11-15H2,1H3. The fourth-order valence-electron chi connectivity index (χ4n) is 4.19. The van der Waals surface area contributed by atoms with Gasteiger partial charge in [0, 0.05) is 41.4 Å². The van der Waals surface area contributed by atoms with Crippen LogP contribution in [0.25, 0.3) is 11.3 Å². The fourth-order valence-corrected chi connectivity index (χ4v) is 5.56. The Bertz CT molecular complexity index is 1040. The van der Waals surface area contributed by atoms with Crippen molar-refractivity contribution in [1.82, 2.24) is 14.7 Å². The van der Waals surface area contributed by atoms with Gasteiger partial charge in [0.1, 0.15) is 0 Å². The van der Waals surface area contributed by atoms with Gasteiger partial charge in [-0.1, -0.05) is 48.5 Å². The van der Waals surface area contributed by atoms with Crippen LogP contribution in [0.15, 0.2) is 59.5 Å². The predicted octanol–water partition coefficient (Wildman–Crippen LogP) is 3.95. The minimum Gasteiger partial charge on any atom is -0.378 e. The van der Waals surface area contributed by atoms with Crippen LogP contribution in [0, 0.1) is 0 Å². The van der Waals surface area contributed by atoms with Gasteiger partial charge in [0.25, 0.3) is 5.91 Å². The van der Waals surface area contributed by atoms with Crippen molar-refractivity contribution in [2.75, 3.05) is 26.3 Å². The number of carbonyl (C=O) groups excluding carboxylic acids is 1. The number of benzene rings is 2. The summed E-state index contributed by atoms with van der Waals surface area (Å²) in [4.78, 5) is 16.5. The van der Waals surface area contributed by atoms with Crippen molar-refractivity contribution in [3.63, 3.8) is 0 Å². The molecule has 3 heterocycles. The molecule has 2 aliphatic heterocycles. The van der Waals surface area contributed by atoms with Crippen LogP contribution in [0.3, 0.4) is 0 Å². The molecule has 0 N–H and O–H groups in total. The second-order valence-electron chi connectivity index (χ2n) is 7.43. The van der Waals surface area contributed by atoms with Gasteiger partial charge in [0.05, 0.1) is 18.9 Å². The van der Waals surface area contributed by atoms with E-state index in [1.54, 1.807) is 0 Å². The molecule has 3 aromatic rings. The van der Waals surface area contributed by atoms with E-state index in [1.165, 1.54) is 10.5 Å². The van der Waals surface area contributed by atoms with E-state index < -0.39 is 0 Å². The van der Waals surface area contributed by atoms with Crippen molar-refractivity contribution >= 4 is 17.7 Å². The maximum Gasteiger partial charge on any atom is 0.274 e. The Labute approximate surface area is 174 Å². The summed E-state index contributed by atoms with van der Waals surface area (Å²) in [5.41, 5.74) is 5.15. The number of fused-ring (bicyclic) bond motifs is 3. The van der Waals surface area contributed by atoms with Crippen LogP contribution in [0.2, 0.25) is 0 Å². The normalized spacial score (nSPS) is 18.2. The van der Waals surface area contributed by atoms with E-state index in [4.69, 9.17) is 9.84 Å². The summed E-state index contributed by atoms with van der Waals surface area (Å²) in [6, 6.07) is 18.9. The number of carbonyl (C=O) groups is 1. The molecular weight excluding hydrogens is 382 g/mol. The second kappa shape index (κ2) is 7.69. The van der Waals surface area contributed by atoms with Gasteiger partial charge in [-0.2, -0.15) is 5.10 Å². The highest BCUT2D eigenvalue weighted by Gasteiger charge is 2.35. The lowest BCUT2D eigenvalue weighted by molar-refractivity contribution is 0.0298. The lowest BCUT2D eigenvalue weighted by Crippen LogP contribution is -2.41. The molecule has 0 saturated carbocycles. The lowest BCUT2D eigenvalue weighted by Gasteiger charge is -2.28. The second-order valence-corrected chi connectivity index (χ2v) is 8.68. The maximum atomic E-state index is 13.4. The molecule has 0 bridgehead atoms. The van der Waals surface area contributed by atoms with E-state index in [0.29, 0.717) is 32.0 Å². The number of hydrogen-bond donors (Lipinski definition) is 0. The molecule has 1 aromatic heterocycles. The van der Waals surface area contributed by atoms with Crippen LogP contribution < -0.4 is 0 Å². The molecule has 148 valence electrons. The summed E-state index contributed by atoms with van der Waals surface area (Å²) in [7, 11) is 1.95. The Kier molecular flexibility index (Phi) is 4.89. The summed E-state index contributed by atoms with van der Waals surface area (Å²) >= 11 is 1.84. The Morgan fingerprint density at radius 3 is 2.62 bits per heavy atom. The number of rotatable bonds is 3. The number of nitrogens with zero attached hydrogens (tertiary/aromatic N) is 3. The Morgan fingerprint density at radius 2 is 1.83 bits per heavy atom. The number of aryl methyl sites for hydroxylation is 1. The summed E-state index contributed by atoms with van der Waals surface area (Å²) in [5, 5.41) is 4.88. The third-order valence-electron chi connectivity index (χ3n) is 5.58. The van der Waals surface area contributed by atoms with Crippen molar-refractivity contribution in [1.29, 1.82) is 0 Å². The molecule has 1 atom stereocenters. The number of morpholine rings is 1. The van der Waals surface area contributed by atoms with Crippen LogP contribution >= 0.6 is 11.8 Å². The fraction of sp³-hybridized carbons (Fsp3) is 0.304. The van der Waals surface area contributed by atoms with E-state index in [2.05, 4.69) is 48.5 Å². The number of aromatic nitrogens is 2. The molecule has 1 amide bonds. The van der Waals surface area contributed by atoms with Crippen LogP contribution in [0.1, 0.15) is 26.9 Å². The summed E-state index contributed by atoms with van der Waals surface area (Å²) in [5.74, 6) is 0.0168. The molecule has 5 nitrogen and oxygen atoms in total. The first-order valence-corrected chi connectivity index (χ1v) is 10.8. The van der Waals surface area contributed by atoms with Crippen molar-refractivity contribution in [3.05, 3.63) is 71.4 Å². The number of amides is 1. The van der Waals surface area contributed by atoms with Gasteiger partial charge in [-0.3, -0.25) is 9.48 Å². The molecule has 6 heteroatoms. The van der Waals surface area contributed by atoms with Gasteiger partial charge < -0.3 is 9.64 Å². The Balaban J connectivity index is 1.61. The zero-order valence-electron chi connectivity index (χ0n) is 16.4. The predicted molar refractivity (Wildman–Crippen MR) is 114 cm³/mol. The zero-order chi connectivity index (χ0) is 19.8.